The Hall–Kier alpha value is -0.580. The van der Waals surface area contributed by atoms with Gasteiger partial charge in [0.15, 0.2) is 0 Å². The van der Waals surface area contributed by atoms with Crippen molar-refractivity contribution in [3.05, 3.63) is 27.3 Å². The van der Waals surface area contributed by atoms with E-state index in [2.05, 4.69) is 41.8 Å². The van der Waals surface area contributed by atoms with Gasteiger partial charge in [0, 0.05) is 15.2 Å². The van der Waals surface area contributed by atoms with Gasteiger partial charge in [-0.15, -0.1) is 0 Å². The maximum Gasteiger partial charge on any atom is 0.227 e. The molecule has 15 heavy (non-hydrogen) atoms. The molecule has 2 atom stereocenters. The second-order valence-corrected chi connectivity index (χ2v) is 5.43. The molecule has 0 bridgehead atoms. The zero-order valence-electron chi connectivity index (χ0n) is 8.88. The third-order valence-electron chi connectivity index (χ3n) is 2.89. The van der Waals surface area contributed by atoms with Gasteiger partial charge in [0.05, 0.1) is 0 Å². The third kappa shape index (κ3) is 2.51. The van der Waals surface area contributed by atoms with E-state index in [9.17, 15) is 4.79 Å². The quantitative estimate of drug-likeness (QED) is 0.835. The molecule has 1 amide bonds. The minimum Gasteiger partial charge on any atom is -0.326 e. The lowest BCUT2D eigenvalue weighted by Gasteiger charge is -2.06. The van der Waals surface area contributed by atoms with E-state index >= 15 is 0 Å². The Morgan fingerprint density at radius 3 is 2.73 bits per heavy atom. The lowest BCUT2D eigenvalue weighted by Crippen LogP contribution is -2.14. The molecule has 0 aromatic heterocycles. The van der Waals surface area contributed by atoms with E-state index in [1.54, 1.807) is 0 Å². The van der Waals surface area contributed by atoms with Gasteiger partial charge in [0.25, 0.3) is 0 Å². The molecular weight excluding hydrogens is 301 g/mol. The maximum atomic E-state index is 11.7. The predicted molar refractivity (Wildman–Crippen MR) is 69.8 cm³/mol. The van der Waals surface area contributed by atoms with E-state index in [0.29, 0.717) is 5.92 Å². The number of halogens is 1. The Balaban J connectivity index is 2.04. The first kappa shape index (κ1) is 10.9. The fourth-order valence-electron chi connectivity index (χ4n) is 1.59. The van der Waals surface area contributed by atoms with Crippen molar-refractivity contribution in [2.24, 2.45) is 11.8 Å². The summed E-state index contributed by atoms with van der Waals surface area (Å²) in [6.45, 7) is 4.18. The average molecular weight is 315 g/mol. The number of hydrogen-bond acceptors (Lipinski definition) is 1. The van der Waals surface area contributed by atoms with Gasteiger partial charge < -0.3 is 5.32 Å². The molecule has 1 aromatic carbocycles. The average Bonchev–Trinajstić information content (AvgIpc) is 2.89. The van der Waals surface area contributed by atoms with Crippen molar-refractivity contribution in [2.45, 2.75) is 20.3 Å². The summed E-state index contributed by atoms with van der Waals surface area (Å²) in [5, 5.41) is 2.96. The topological polar surface area (TPSA) is 29.1 Å². The summed E-state index contributed by atoms with van der Waals surface area (Å²) < 4.78 is 1.19. The summed E-state index contributed by atoms with van der Waals surface area (Å²) >= 11 is 2.28. The number of benzene rings is 1. The molecule has 0 unspecified atom stereocenters. The molecule has 2 rings (SSSR count). The lowest BCUT2D eigenvalue weighted by molar-refractivity contribution is -0.117. The Labute approximate surface area is 104 Å². The molecule has 0 saturated heterocycles. The molecular formula is C12H14INO. The largest absolute Gasteiger partial charge is 0.326 e. The van der Waals surface area contributed by atoms with Crippen LogP contribution in [0.4, 0.5) is 5.69 Å². The SMILES string of the molecule is Cc1ccc(NC(=O)[C@H]2C[C@H]2C)cc1I. The standard InChI is InChI=1S/C12H14INO/c1-7-3-4-9(6-11(7)13)14-12(15)10-5-8(10)2/h3-4,6,8,10H,5H2,1-2H3,(H,14,15)/t8-,10+/m1/s1. The number of carbonyl (C=O) groups is 1. The first-order valence-electron chi connectivity index (χ1n) is 5.15. The van der Waals surface area contributed by atoms with Crippen molar-refractivity contribution < 1.29 is 4.79 Å². The van der Waals surface area contributed by atoms with Crippen molar-refractivity contribution in [1.29, 1.82) is 0 Å². The molecule has 0 spiro atoms. The molecule has 80 valence electrons. The number of carbonyl (C=O) groups excluding carboxylic acids is 1. The molecule has 1 N–H and O–H groups in total. The predicted octanol–water partition coefficient (Wildman–Crippen LogP) is 3.19. The number of nitrogens with one attached hydrogen (secondary N) is 1. The van der Waals surface area contributed by atoms with Crippen LogP contribution in [-0.2, 0) is 4.79 Å². The number of rotatable bonds is 2. The highest BCUT2D eigenvalue weighted by Gasteiger charge is 2.38. The van der Waals surface area contributed by atoms with Gasteiger partial charge >= 0.3 is 0 Å². The molecule has 1 fully saturated rings. The van der Waals surface area contributed by atoms with E-state index < -0.39 is 0 Å². The Kier molecular flexibility index (Phi) is 3.00. The smallest absolute Gasteiger partial charge is 0.227 e. The summed E-state index contributed by atoms with van der Waals surface area (Å²) in [6.07, 6.45) is 1.04. The fourth-order valence-corrected chi connectivity index (χ4v) is 2.11. The van der Waals surface area contributed by atoms with Gasteiger partial charge in [0.2, 0.25) is 5.91 Å². The van der Waals surface area contributed by atoms with Crippen LogP contribution in [0.3, 0.4) is 0 Å². The summed E-state index contributed by atoms with van der Waals surface area (Å²) in [6, 6.07) is 6.01. The summed E-state index contributed by atoms with van der Waals surface area (Å²) in [4.78, 5) is 11.7. The van der Waals surface area contributed by atoms with Crippen molar-refractivity contribution in [1.82, 2.24) is 0 Å². The van der Waals surface area contributed by atoms with Crippen LogP contribution in [0.2, 0.25) is 0 Å². The van der Waals surface area contributed by atoms with E-state index in [-0.39, 0.29) is 11.8 Å². The number of aryl methyl sites for hydroxylation is 1. The van der Waals surface area contributed by atoms with Crippen LogP contribution in [0.15, 0.2) is 18.2 Å². The fraction of sp³-hybridized carbons (Fsp3) is 0.417. The zero-order valence-corrected chi connectivity index (χ0v) is 11.0. The van der Waals surface area contributed by atoms with Crippen molar-refractivity contribution >= 4 is 34.2 Å². The number of anilines is 1. The van der Waals surface area contributed by atoms with Crippen LogP contribution >= 0.6 is 22.6 Å². The summed E-state index contributed by atoms with van der Waals surface area (Å²) in [5.74, 6) is 0.973. The second-order valence-electron chi connectivity index (χ2n) is 4.27. The third-order valence-corrected chi connectivity index (χ3v) is 4.05. The monoisotopic (exact) mass is 315 g/mol. The van der Waals surface area contributed by atoms with Crippen molar-refractivity contribution in [3.8, 4) is 0 Å². The van der Waals surface area contributed by atoms with E-state index in [1.807, 2.05) is 18.2 Å². The Morgan fingerprint density at radius 1 is 1.53 bits per heavy atom. The second kappa shape index (κ2) is 4.12. The van der Waals surface area contributed by atoms with Crippen LogP contribution < -0.4 is 5.32 Å². The van der Waals surface area contributed by atoms with Gasteiger partial charge in [-0.05, 0) is 59.5 Å². The van der Waals surface area contributed by atoms with Crippen LogP contribution in [0.5, 0.6) is 0 Å². The van der Waals surface area contributed by atoms with Crippen LogP contribution in [0.1, 0.15) is 18.9 Å². The molecule has 0 aliphatic heterocycles. The molecule has 0 radical (unpaired) electrons. The number of amides is 1. The van der Waals surface area contributed by atoms with Crippen LogP contribution in [0, 0.1) is 22.3 Å². The van der Waals surface area contributed by atoms with Crippen LogP contribution in [-0.4, -0.2) is 5.91 Å². The lowest BCUT2D eigenvalue weighted by atomic mass is 10.2. The van der Waals surface area contributed by atoms with Gasteiger partial charge in [-0.25, -0.2) is 0 Å². The summed E-state index contributed by atoms with van der Waals surface area (Å²) in [7, 11) is 0. The zero-order chi connectivity index (χ0) is 11.0. The normalized spacial score (nSPS) is 23.7. The molecule has 1 aromatic rings. The minimum atomic E-state index is 0.169. The van der Waals surface area contributed by atoms with Crippen molar-refractivity contribution in [3.63, 3.8) is 0 Å². The van der Waals surface area contributed by atoms with Crippen LogP contribution in [0.25, 0.3) is 0 Å². The number of hydrogen-bond donors (Lipinski definition) is 1. The molecule has 1 saturated carbocycles. The first-order valence-corrected chi connectivity index (χ1v) is 6.23. The molecule has 1 aliphatic rings. The first-order chi connectivity index (χ1) is 7.08. The van der Waals surface area contributed by atoms with E-state index in [4.69, 9.17) is 0 Å². The van der Waals surface area contributed by atoms with Gasteiger partial charge in [-0.1, -0.05) is 13.0 Å². The van der Waals surface area contributed by atoms with E-state index in [1.165, 1.54) is 9.13 Å². The van der Waals surface area contributed by atoms with Gasteiger partial charge in [-0.2, -0.15) is 0 Å². The Morgan fingerprint density at radius 2 is 2.20 bits per heavy atom. The highest BCUT2D eigenvalue weighted by atomic mass is 127. The molecule has 1 aliphatic carbocycles. The maximum absolute atomic E-state index is 11.7. The van der Waals surface area contributed by atoms with Gasteiger partial charge in [0.1, 0.15) is 0 Å². The minimum absolute atomic E-state index is 0.169. The Bertz CT molecular complexity index is 403. The molecule has 0 heterocycles. The molecule has 2 nitrogen and oxygen atoms in total. The van der Waals surface area contributed by atoms with Crippen molar-refractivity contribution in [2.75, 3.05) is 5.32 Å². The van der Waals surface area contributed by atoms with Gasteiger partial charge in [-0.3, -0.25) is 4.79 Å². The van der Waals surface area contributed by atoms with E-state index in [0.717, 1.165) is 12.1 Å². The summed E-state index contributed by atoms with van der Waals surface area (Å²) in [5.41, 5.74) is 2.16. The molecule has 3 heteroatoms. The highest BCUT2D eigenvalue weighted by Crippen LogP contribution is 2.38. The highest BCUT2D eigenvalue weighted by molar-refractivity contribution is 14.1.